The van der Waals surface area contributed by atoms with Crippen molar-refractivity contribution in [3.63, 3.8) is 0 Å². The Morgan fingerprint density at radius 2 is 0.815 bits per heavy atom. The van der Waals surface area contributed by atoms with Crippen LogP contribution in [-0.4, -0.2) is 56.9 Å². The van der Waals surface area contributed by atoms with E-state index in [1.54, 1.807) is 0 Å². The van der Waals surface area contributed by atoms with Gasteiger partial charge >= 0.3 is 19.8 Å². The summed E-state index contributed by atoms with van der Waals surface area (Å²) >= 11 is 0. The van der Waals surface area contributed by atoms with E-state index in [9.17, 15) is 18.9 Å². The average Bonchev–Trinajstić information content (AvgIpc) is 3.29. The minimum Gasteiger partial charge on any atom is -0.462 e. The molecule has 0 rings (SSSR count). The molecule has 0 heterocycles. The molecule has 0 aromatic rings. The standard InChI is InChI=1S/C53H101N2O9P/c1-3-5-7-9-11-13-15-17-19-21-23-27-31-35-39-43-52(57)60-48-50(64-53(58)44-40-36-32-28-24-22-20-18-16-14-12-10-8-6-4-2)49-63-65(59,62-47-45-54)61-46-41-37-33-29-25-26-30-34-38-42-51(55)56/h17-20,50H,3-16,21-49,54H2,1-2H3,(H2,55,56)/t50-,65?/m1/s1. The summed E-state index contributed by atoms with van der Waals surface area (Å²) in [5.41, 5.74) is 10.9. The molecule has 0 bridgehead atoms. The van der Waals surface area contributed by atoms with Crippen LogP contribution in [0.3, 0.4) is 0 Å². The van der Waals surface area contributed by atoms with E-state index in [2.05, 4.69) is 38.2 Å². The maximum absolute atomic E-state index is 13.6. The second kappa shape index (κ2) is 49.9. The van der Waals surface area contributed by atoms with Gasteiger partial charge in [0.05, 0.1) is 19.8 Å². The number of rotatable bonds is 52. The van der Waals surface area contributed by atoms with Gasteiger partial charge in [0, 0.05) is 25.8 Å². The third-order valence-corrected chi connectivity index (χ3v) is 13.1. The van der Waals surface area contributed by atoms with Gasteiger partial charge in [-0.15, -0.1) is 0 Å². The van der Waals surface area contributed by atoms with E-state index < -0.39 is 19.9 Å². The molecule has 11 nitrogen and oxygen atoms in total. The molecule has 382 valence electrons. The van der Waals surface area contributed by atoms with Crippen molar-refractivity contribution in [2.24, 2.45) is 11.5 Å². The van der Waals surface area contributed by atoms with Crippen molar-refractivity contribution >= 4 is 25.7 Å². The Labute approximate surface area is 399 Å². The van der Waals surface area contributed by atoms with Crippen LogP contribution in [0.4, 0.5) is 0 Å². The number of amides is 1. The number of unbranched alkanes of at least 4 members (excludes halogenated alkanes) is 30. The largest absolute Gasteiger partial charge is 0.474 e. The van der Waals surface area contributed by atoms with Gasteiger partial charge in [-0.2, -0.15) is 0 Å². The number of phosphoric acid groups is 1. The molecule has 2 atom stereocenters. The van der Waals surface area contributed by atoms with Crippen molar-refractivity contribution in [1.29, 1.82) is 0 Å². The van der Waals surface area contributed by atoms with Gasteiger partial charge in [-0.1, -0.05) is 186 Å². The molecule has 0 aliphatic heterocycles. The lowest BCUT2D eigenvalue weighted by molar-refractivity contribution is -0.161. The fraction of sp³-hybridized carbons (Fsp3) is 0.868. The first kappa shape index (κ1) is 63.0. The van der Waals surface area contributed by atoms with Crippen molar-refractivity contribution < 1.29 is 42.0 Å². The van der Waals surface area contributed by atoms with Gasteiger partial charge in [0.1, 0.15) is 6.61 Å². The minimum atomic E-state index is -4.02. The molecule has 12 heteroatoms. The molecular formula is C53H101N2O9P. The van der Waals surface area contributed by atoms with E-state index >= 15 is 0 Å². The molecule has 0 aromatic heterocycles. The van der Waals surface area contributed by atoms with Crippen LogP contribution in [0.2, 0.25) is 0 Å². The number of esters is 2. The quantitative estimate of drug-likeness (QED) is 0.0259. The predicted octanol–water partition coefficient (Wildman–Crippen LogP) is 15.0. The van der Waals surface area contributed by atoms with E-state index in [0.29, 0.717) is 19.3 Å². The number of carbonyl (C=O) groups is 3. The van der Waals surface area contributed by atoms with Crippen molar-refractivity contribution in [3.8, 4) is 0 Å². The number of hydrogen-bond acceptors (Lipinski definition) is 10. The molecule has 1 amide bonds. The minimum absolute atomic E-state index is 0.0262. The third-order valence-electron chi connectivity index (χ3n) is 11.6. The van der Waals surface area contributed by atoms with Gasteiger partial charge in [-0.3, -0.25) is 28.0 Å². The smallest absolute Gasteiger partial charge is 0.462 e. The Balaban J connectivity index is 4.77. The Hall–Kier alpha value is -2.04. The summed E-state index contributed by atoms with van der Waals surface area (Å²) in [4.78, 5) is 36.6. The number of nitrogens with two attached hydrogens (primary N) is 2. The lowest BCUT2D eigenvalue weighted by Gasteiger charge is -2.22. The molecule has 0 aliphatic rings. The molecule has 0 spiro atoms. The number of phosphoric ester groups is 1. The maximum Gasteiger partial charge on any atom is 0.474 e. The van der Waals surface area contributed by atoms with E-state index in [-0.39, 0.29) is 57.7 Å². The fourth-order valence-corrected chi connectivity index (χ4v) is 8.82. The number of primary amides is 1. The highest BCUT2D eigenvalue weighted by molar-refractivity contribution is 7.48. The summed E-state index contributed by atoms with van der Waals surface area (Å²) in [6.07, 6.45) is 48.7. The van der Waals surface area contributed by atoms with Crippen molar-refractivity contribution in [1.82, 2.24) is 0 Å². The molecule has 0 saturated heterocycles. The number of carbonyl (C=O) groups excluding carboxylic acids is 3. The molecule has 0 aliphatic carbocycles. The monoisotopic (exact) mass is 941 g/mol. The Morgan fingerprint density at radius 3 is 1.25 bits per heavy atom. The normalized spacial score (nSPS) is 13.2. The van der Waals surface area contributed by atoms with Crippen LogP contribution in [0.15, 0.2) is 24.3 Å². The molecule has 4 N–H and O–H groups in total. The van der Waals surface area contributed by atoms with Crippen molar-refractivity contribution in [3.05, 3.63) is 24.3 Å². The Kier molecular flexibility index (Phi) is 48.3. The van der Waals surface area contributed by atoms with Crippen LogP contribution < -0.4 is 11.5 Å². The number of ether oxygens (including phenoxy) is 2. The first-order chi connectivity index (χ1) is 31.8. The molecule has 1 unspecified atom stereocenters. The lowest BCUT2D eigenvalue weighted by Crippen LogP contribution is -2.30. The van der Waals surface area contributed by atoms with Crippen LogP contribution >= 0.6 is 7.82 Å². The highest BCUT2D eigenvalue weighted by Gasteiger charge is 2.30. The topological polar surface area (TPSA) is 166 Å². The van der Waals surface area contributed by atoms with Crippen LogP contribution in [0, 0.1) is 0 Å². The highest BCUT2D eigenvalue weighted by atomic mass is 31.2. The zero-order chi connectivity index (χ0) is 47.6. The second-order valence-corrected chi connectivity index (χ2v) is 19.7. The number of hydrogen-bond donors (Lipinski definition) is 2. The van der Waals surface area contributed by atoms with Crippen molar-refractivity contribution in [2.75, 3.05) is 33.0 Å². The van der Waals surface area contributed by atoms with Crippen LogP contribution in [0.5, 0.6) is 0 Å². The first-order valence-electron chi connectivity index (χ1n) is 26.9. The maximum atomic E-state index is 13.6. The van der Waals surface area contributed by atoms with Crippen LogP contribution in [0.1, 0.15) is 258 Å². The summed E-state index contributed by atoms with van der Waals surface area (Å²) in [5.74, 6) is -1.00. The van der Waals surface area contributed by atoms with Gasteiger partial charge in [0.25, 0.3) is 0 Å². The molecule has 0 fully saturated rings. The summed E-state index contributed by atoms with van der Waals surface area (Å²) in [6.45, 7) is 4.28. The van der Waals surface area contributed by atoms with E-state index in [1.165, 1.54) is 89.9 Å². The summed E-state index contributed by atoms with van der Waals surface area (Å²) < 4.78 is 41.7. The summed E-state index contributed by atoms with van der Waals surface area (Å²) in [7, 11) is -4.02. The first-order valence-corrected chi connectivity index (χ1v) is 28.4. The zero-order valence-electron chi connectivity index (χ0n) is 42.1. The van der Waals surface area contributed by atoms with Gasteiger partial charge in [0.2, 0.25) is 5.91 Å². The van der Waals surface area contributed by atoms with E-state index in [4.69, 9.17) is 34.5 Å². The van der Waals surface area contributed by atoms with Crippen LogP contribution in [0.25, 0.3) is 0 Å². The molecular weight excluding hydrogens is 840 g/mol. The van der Waals surface area contributed by atoms with Crippen molar-refractivity contribution in [2.45, 2.75) is 264 Å². The van der Waals surface area contributed by atoms with Crippen LogP contribution in [-0.2, 0) is 42.0 Å². The molecule has 0 aromatic carbocycles. The van der Waals surface area contributed by atoms with Gasteiger partial charge in [-0.05, 0) is 77.0 Å². The van der Waals surface area contributed by atoms with Gasteiger partial charge < -0.3 is 20.9 Å². The summed E-state index contributed by atoms with van der Waals surface area (Å²) in [6, 6.07) is 0. The van der Waals surface area contributed by atoms with E-state index in [0.717, 1.165) is 122 Å². The summed E-state index contributed by atoms with van der Waals surface area (Å²) in [5, 5.41) is 0. The van der Waals surface area contributed by atoms with Gasteiger partial charge in [-0.25, -0.2) is 4.57 Å². The lowest BCUT2D eigenvalue weighted by atomic mass is 10.1. The van der Waals surface area contributed by atoms with E-state index in [1.807, 2.05) is 0 Å². The second-order valence-electron chi connectivity index (χ2n) is 18.1. The molecule has 0 saturated carbocycles. The predicted molar refractivity (Wildman–Crippen MR) is 270 cm³/mol. The zero-order valence-corrected chi connectivity index (χ0v) is 43.0. The highest BCUT2D eigenvalue weighted by Crippen LogP contribution is 2.49. The third kappa shape index (κ3) is 48.2. The Morgan fingerprint density at radius 1 is 0.446 bits per heavy atom. The molecule has 65 heavy (non-hydrogen) atoms. The molecule has 0 radical (unpaired) electrons. The van der Waals surface area contributed by atoms with Gasteiger partial charge in [0.15, 0.2) is 6.10 Å². The fourth-order valence-electron chi connectivity index (χ4n) is 7.57. The number of allylic oxidation sites excluding steroid dienone is 4. The SMILES string of the molecule is CCCCCCCCC=CCCCCCCCC(=O)OC[C@H](COP(=O)(OCCN)OCCCCCCCCCCCC(N)=O)OC(=O)CCCCCCCC=CCCCCCCCC. The average molecular weight is 941 g/mol. The Bertz CT molecular complexity index is 1180.